The minimum atomic E-state index is -0.0913. The minimum absolute atomic E-state index is 0.0913. The van der Waals surface area contributed by atoms with Gasteiger partial charge in [0.1, 0.15) is 0 Å². The number of aliphatic hydroxyl groups is 1. The van der Waals surface area contributed by atoms with Crippen molar-refractivity contribution in [2.24, 2.45) is 11.8 Å². The zero-order valence-electron chi connectivity index (χ0n) is 12.2. The predicted molar refractivity (Wildman–Crippen MR) is 73.6 cm³/mol. The van der Waals surface area contributed by atoms with Crippen LogP contribution in [-0.2, 0) is 4.74 Å². The SMILES string of the molecule is CCC1CCC(O)C(CN2CCOCC2(C)C)C1. The molecule has 1 aliphatic heterocycles. The molecule has 3 unspecified atom stereocenters. The summed E-state index contributed by atoms with van der Waals surface area (Å²) in [7, 11) is 0. The molecule has 0 radical (unpaired) electrons. The fourth-order valence-electron chi connectivity index (χ4n) is 3.42. The van der Waals surface area contributed by atoms with Gasteiger partial charge in [-0.3, -0.25) is 4.90 Å². The van der Waals surface area contributed by atoms with Crippen molar-refractivity contribution in [2.75, 3.05) is 26.3 Å². The van der Waals surface area contributed by atoms with E-state index in [-0.39, 0.29) is 11.6 Å². The van der Waals surface area contributed by atoms with Crippen molar-refractivity contribution in [3.8, 4) is 0 Å². The maximum atomic E-state index is 10.2. The summed E-state index contributed by atoms with van der Waals surface area (Å²) in [5.74, 6) is 1.28. The Labute approximate surface area is 112 Å². The summed E-state index contributed by atoms with van der Waals surface area (Å²) in [5, 5.41) is 10.2. The first kappa shape index (κ1) is 14.3. The van der Waals surface area contributed by atoms with Crippen LogP contribution in [0.4, 0.5) is 0 Å². The van der Waals surface area contributed by atoms with E-state index in [0.717, 1.165) is 38.6 Å². The molecule has 106 valence electrons. The molecule has 0 spiro atoms. The largest absolute Gasteiger partial charge is 0.393 e. The maximum absolute atomic E-state index is 10.2. The molecule has 1 N–H and O–H groups in total. The van der Waals surface area contributed by atoms with Crippen molar-refractivity contribution in [3.63, 3.8) is 0 Å². The number of hydrogen-bond donors (Lipinski definition) is 1. The lowest BCUT2D eigenvalue weighted by atomic mass is 9.77. The molecule has 3 heteroatoms. The summed E-state index contributed by atoms with van der Waals surface area (Å²) in [4.78, 5) is 2.52. The third kappa shape index (κ3) is 3.25. The van der Waals surface area contributed by atoms with E-state index in [2.05, 4.69) is 25.7 Å². The second kappa shape index (κ2) is 5.89. The van der Waals surface area contributed by atoms with Crippen LogP contribution in [0, 0.1) is 11.8 Å². The van der Waals surface area contributed by atoms with Gasteiger partial charge >= 0.3 is 0 Å². The molecule has 2 rings (SSSR count). The van der Waals surface area contributed by atoms with E-state index in [9.17, 15) is 5.11 Å². The Balaban J connectivity index is 1.94. The highest BCUT2D eigenvalue weighted by atomic mass is 16.5. The van der Waals surface area contributed by atoms with Crippen LogP contribution in [0.3, 0.4) is 0 Å². The average Bonchev–Trinajstić information content (AvgIpc) is 2.34. The normalized spacial score (nSPS) is 37.7. The first-order valence-electron chi connectivity index (χ1n) is 7.54. The summed E-state index contributed by atoms with van der Waals surface area (Å²) in [5.41, 5.74) is 0.122. The molecule has 3 nitrogen and oxygen atoms in total. The molecule has 18 heavy (non-hydrogen) atoms. The third-order valence-electron chi connectivity index (χ3n) is 4.90. The molecule has 1 aliphatic carbocycles. The molecule has 0 aromatic rings. The van der Waals surface area contributed by atoms with Gasteiger partial charge in [0.2, 0.25) is 0 Å². The number of ether oxygens (including phenoxy) is 1. The molecule has 0 aromatic carbocycles. The second-order valence-corrected chi connectivity index (χ2v) is 6.73. The zero-order chi connectivity index (χ0) is 13.2. The molecular formula is C15H29NO2. The van der Waals surface area contributed by atoms with Crippen molar-refractivity contribution >= 4 is 0 Å². The number of aliphatic hydroxyl groups excluding tert-OH is 1. The van der Waals surface area contributed by atoms with Crippen LogP contribution < -0.4 is 0 Å². The van der Waals surface area contributed by atoms with Crippen LogP contribution in [-0.4, -0.2) is 48.0 Å². The van der Waals surface area contributed by atoms with Gasteiger partial charge in [0.25, 0.3) is 0 Å². The van der Waals surface area contributed by atoms with E-state index in [4.69, 9.17) is 4.74 Å². The molecule has 3 atom stereocenters. The Hall–Kier alpha value is -0.120. The van der Waals surface area contributed by atoms with E-state index in [1.165, 1.54) is 19.3 Å². The third-order valence-corrected chi connectivity index (χ3v) is 4.90. The molecular weight excluding hydrogens is 226 g/mol. The van der Waals surface area contributed by atoms with Gasteiger partial charge < -0.3 is 9.84 Å². The molecule has 1 heterocycles. The summed E-state index contributed by atoms with van der Waals surface area (Å²) >= 11 is 0. The highest BCUT2D eigenvalue weighted by Crippen LogP contribution is 2.33. The molecule has 1 saturated carbocycles. The summed E-state index contributed by atoms with van der Waals surface area (Å²) in [6, 6.07) is 0. The Morgan fingerprint density at radius 2 is 2.11 bits per heavy atom. The van der Waals surface area contributed by atoms with Crippen LogP contribution >= 0.6 is 0 Å². The van der Waals surface area contributed by atoms with E-state index in [0.29, 0.717) is 5.92 Å². The van der Waals surface area contributed by atoms with Crippen molar-refractivity contribution < 1.29 is 9.84 Å². The highest BCUT2D eigenvalue weighted by Gasteiger charge is 2.35. The van der Waals surface area contributed by atoms with Gasteiger partial charge in [-0.2, -0.15) is 0 Å². The lowest BCUT2D eigenvalue weighted by Crippen LogP contribution is -2.55. The molecule has 2 fully saturated rings. The lowest BCUT2D eigenvalue weighted by molar-refractivity contribution is -0.0731. The Kier molecular flexibility index (Phi) is 4.68. The smallest absolute Gasteiger partial charge is 0.0645 e. The molecule has 0 bridgehead atoms. The van der Waals surface area contributed by atoms with Crippen LogP contribution in [0.5, 0.6) is 0 Å². The molecule has 0 amide bonds. The van der Waals surface area contributed by atoms with Crippen molar-refractivity contribution in [1.29, 1.82) is 0 Å². The standard InChI is InChI=1S/C15H29NO2/c1-4-12-5-6-14(17)13(9-12)10-16-7-8-18-11-15(16,2)3/h12-14,17H,4-11H2,1-3H3. The predicted octanol–water partition coefficient (Wildman–Crippen LogP) is 2.28. The van der Waals surface area contributed by atoms with Crippen LogP contribution in [0.2, 0.25) is 0 Å². The van der Waals surface area contributed by atoms with Crippen molar-refractivity contribution in [2.45, 2.75) is 58.1 Å². The average molecular weight is 255 g/mol. The molecule has 0 aromatic heterocycles. The minimum Gasteiger partial charge on any atom is -0.393 e. The Bertz CT molecular complexity index is 267. The van der Waals surface area contributed by atoms with Crippen molar-refractivity contribution in [3.05, 3.63) is 0 Å². The Morgan fingerprint density at radius 1 is 1.33 bits per heavy atom. The highest BCUT2D eigenvalue weighted by molar-refractivity contribution is 4.89. The maximum Gasteiger partial charge on any atom is 0.0645 e. The van der Waals surface area contributed by atoms with Gasteiger partial charge in [-0.15, -0.1) is 0 Å². The van der Waals surface area contributed by atoms with Gasteiger partial charge in [0.15, 0.2) is 0 Å². The zero-order valence-corrected chi connectivity index (χ0v) is 12.2. The van der Waals surface area contributed by atoms with E-state index >= 15 is 0 Å². The van der Waals surface area contributed by atoms with Crippen LogP contribution in [0.1, 0.15) is 46.5 Å². The van der Waals surface area contributed by atoms with Gasteiger partial charge in [0.05, 0.1) is 19.3 Å². The monoisotopic (exact) mass is 255 g/mol. The molecule has 1 saturated heterocycles. The number of rotatable bonds is 3. The lowest BCUT2D eigenvalue weighted by Gasteiger charge is -2.45. The quantitative estimate of drug-likeness (QED) is 0.840. The van der Waals surface area contributed by atoms with Crippen LogP contribution in [0.15, 0.2) is 0 Å². The van der Waals surface area contributed by atoms with Crippen molar-refractivity contribution in [1.82, 2.24) is 4.90 Å². The van der Waals surface area contributed by atoms with Gasteiger partial charge in [-0.05, 0) is 44.9 Å². The number of morpholine rings is 1. The Morgan fingerprint density at radius 3 is 2.78 bits per heavy atom. The summed E-state index contributed by atoms with van der Waals surface area (Å²) in [6.07, 6.45) is 4.57. The van der Waals surface area contributed by atoms with Crippen LogP contribution in [0.25, 0.3) is 0 Å². The van der Waals surface area contributed by atoms with E-state index in [1.54, 1.807) is 0 Å². The van der Waals surface area contributed by atoms with Gasteiger partial charge in [-0.25, -0.2) is 0 Å². The summed E-state index contributed by atoms with van der Waals surface area (Å²) in [6.45, 7) is 10.5. The van der Waals surface area contributed by atoms with E-state index in [1.807, 2.05) is 0 Å². The first-order chi connectivity index (χ1) is 8.53. The van der Waals surface area contributed by atoms with Gasteiger partial charge in [0, 0.05) is 18.6 Å². The number of nitrogens with zero attached hydrogens (tertiary/aromatic N) is 1. The summed E-state index contributed by atoms with van der Waals surface area (Å²) < 4.78 is 5.57. The topological polar surface area (TPSA) is 32.7 Å². The fraction of sp³-hybridized carbons (Fsp3) is 1.00. The van der Waals surface area contributed by atoms with Gasteiger partial charge in [-0.1, -0.05) is 13.3 Å². The first-order valence-corrected chi connectivity index (χ1v) is 7.54. The number of hydrogen-bond acceptors (Lipinski definition) is 3. The molecule has 2 aliphatic rings. The van der Waals surface area contributed by atoms with E-state index < -0.39 is 0 Å². The second-order valence-electron chi connectivity index (χ2n) is 6.73. The fourth-order valence-corrected chi connectivity index (χ4v) is 3.42.